The first kappa shape index (κ1) is 11.5. The van der Waals surface area contributed by atoms with E-state index in [4.69, 9.17) is 0 Å². The number of thiophene rings is 1. The van der Waals surface area contributed by atoms with Gasteiger partial charge in [0.2, 0.25) is 0 Å². The van der Waals surface area contributed by atoms with Crippen molar-refractivity contribution in [3.8, 4) is 0 Å². The molecule has 4 heteroatoms. The Bertz CT molecular complexity index is 531. The number of halogens is 1. The summed E-state index contributed by atoms with van der Waals surface area (Å²) < 4.78 is 3.45. The molecule has 0 saturated heterocycles. The molecule has 90 valence electrons. The summed E-state index contributed by atoms with van der Waals surface area (Å²) in [6, 6.07) is 6.31. The maximum atomic E-state index is 9.93. The molecule has 0 spiro atoms. The van der Waals surface area contributed by atoms with Crippen LogP contribution in [0.2, 0.25) is 0 Å². The predicted octanol–water partition coefficient (Wildman–Crippen LogP) is 3.73. The zero-order chi connectivity index (χ0) is 11.8. The number of aliphatic hydroxyl groups is 1. The third-order valence-corrected chi connectivity index (χ3v) is 4.93. The summed E-state index contributed by atoms with van der Waals surface area (Å²) in [5.41, 5.74) is 2.44. The maximum Gasteiger partial charge on any atom is 0.0807 e. The summed E-state index contributed by atoms with van der Waals surface area (Å²) in [7, 11) is 0. The number of hydrogen-bond donors (Lipinski definition) is 1. The first-order chi connectivity index (χ1) is 8.24. The van der Waals surface area contributed by atoms with E-state index in [0.717, 1.165) is 31.4 Å². The van der Waals surface area contributed by atoms with Crippen LogP contribution >= 0.6 is 27.3 Å². The Morgan fingerprint density at radius 1 is 1.41 bits per heavy atom. The Kier molecular flexibility index (Phi) is 3.11. The summed E-state index contributed by atoms with van der Waals surface area (Å²) in [5.74, 6) is 0. The van der Waals surface area contributed by atoms with Crippen LogP contribution in [-0.4, -0.2) is 9.67 Å². The number of aliphatic hydroxyl groups excluding tert-OH is 1. The van der Waals surface area contributed by atoms with Gasteiger partial charge in [-0.15, -0.1) is 11.3 Å². The van der Waals surface area contributed by atoms with Gasteiger partial charge >= 0.3 is 0 Å². The van der Waals surface area contributed by atoms with Crippen molar-refractivity contribution in [2.24, 2.45) is 0 Å². The Morgan fingerprint density at radius 3 is 3.06 bits per heavy atom. The van der Waals surface area contributed by atoms with Crippen LogP contribution in [0.5, 0.6) is 0 Å². The molecule has 0 radical (unpaired) electrons. The predicted molar refractivity (Wildman–Crippen MR) is 73.5 cm³/mol. The molecule has 0 aliphatic heterocycles. The number of nitrogens with zero attached hydrogens (tertiary/aromatic N) is 1. The van der Waals surface area contributed by atoms with Gasteiger partial charge in [-0.25, -0.2) is 0 Å². The zero-order valence-electron chi connectivity index (χ0n) is 9.40. The molecule has 0 saturated carbocycles. The van der Waals surface area contributed by atoms with E-state index in [2.05, 4.69) is 44.9 Å². The molecule has 2 aromatic rings. The van der Waals surface area contributed by atoms with Gasteiger partial charge in [-0.05, 0) is 53.4 Å². The van der Waals surface area contributed by atoms with Crippen LogP contribution < -0.4 is 0 Å². The molecular formula is C13H14BrNOS. The molecule has 1 N–H and O–H groups in total. The van der Waals surface area contributed by atoms with Gasteiger partial charge in [-0.3, -0.25) is 0 Å². The average Bonchev–Trinajstić information content (AvgIpc) is 2.88. The highest BCUT2D eigenvalue weighted by molar-refractivity contribution is 9.11. The maximum absolute atomic E-state index is 9.93. The second-order valence-corrected chi connectivity index (χ2v) is 7.01. The standard InChI is InChI=1S/C13H14BrNOS/c14-13-5-4-9(17-13)8-15-7-6-10-11(15)2-1-3-12(10)16/h4-7,12,16H,1-3,8H2. The normalized spacial score (nSPS) is 19.3. The molecule has 0 bridgehead atoms. The molecule has 1 aliphatic carbocycles. The third kappa shape index (κ3) is 2.21. The van der Waals surface area contributed by atoms with Gasteiger partial charge in [-0.1, -0.05) is 0 Å². The van der Waals surface area contributed by atoms with E-state index in [1.54, 1.807) is 11.3 Å². The molecule has 17 heavy (non-hydrogen) atoms. The quantitative estimate of drug-likeness (QED) is 0.898. The molecule has 1 aliphatic rings. The molecule has 0 fully saturated rings. The van der Waals surface area contributed by atoms with Gasteiger partial charge < -0.3 is 9.67 Å². The Morgan fingerprint density at radius 2 is 2.29 bits per heavy atom. The fourth-order valence-electron chi connectivity index (χ4n) is 2.48. The molecule has 3 rings (SSSR count). The highest BCUT2D eigenvalue weighted by Crippen LogP contribution is 2.31. The fourth-order valence-corrected chi connectivity index (χ4v) is 3.97. The fraction of sp³-hybridized carbons (Fsp3) is 0.385. The SMILES string of the molecule is OC1CCCc2c1ccn2Cc1ccc(Br)s1. The van der Waals surface area contributed by atoms with Crippen molar-refractivity contribution in [3.05, 3.63) is 44.3 Å². The van der Waals surface area contributed by atoms with Crippen LogP contribution in [0.15, 0.2) is 28.2 Å². The van der Waals surface area contributed by atoms with Crippen LogP contribution in [0.3, 0.4) is 0 Å². The molecule has 1 atom stereocenters. The Labute approximate surface area is 113 Å². The van der Waals surface area contributed by atoms with Gasteiger partial charge in [0, 0.05) is 22.3 Å². The van der Waals surface area contributed by atoms with E-state index in [-0.39, 0.29) is 6.10 Å². The van der Waals surface area contributed by atoms with Crippen molar-refractivity contribution in [2.75, 3.05) is 0 Å². The molecule has 1 unspecified atom stereocenters. The smallest absolute Gasteiger partial charge is 0.0807 e. The van der Waals surface area contributed by atoms with Crippen molar-refractivity contribution in [3.63, 3.8) is 0 Å². The lowest BCUT2D eigenvalue weighted by Gasteiger charge is -2.19. The first-order valence-electron chi connectivity index (χ1n) is 5.84. The number of rotatable bonds is 2. The van der Waals surface area contributed by atoms with E-state index >= 15 is 0 Å². The lowest BCUT2D eigenvalue weighted by atomic mass is 9.95. The van der Waals surface area contributed by atoms with Gasteiger partial charge in [0.25, 0.3) is 0 Å². The van der Waals surface area contributed by atoms with Crippen molar-refractivity contribution >= 4 is 27.3 Å². The highest BCUT2D eigenvalue weighted by atomic mass is 79.9. The summed E-state index contributed by atoms with van der Waals surface area (Å²) >= 11 is 5.26. The second-order valence-electron chi connectivity index (χ2n) is 4.46. The van der Waals surface area contributed by atoms with Crippen LogP contribution in [0.4, 0.5) is 0 Å². The monoisotopic (exact) mass is 311 g/mol. The van der Waals surface area contributed by atoms with Gasteiger partial charge in [0.15, 0.2) is 0 Å². The van der Waals surface area contributed by atoms with Crippen LogP contribution in [-0.2, 0) is 13.0 Å². The molecule has 2 nitrogen and oxygen atoms in total. The summed E-state index contributed by atoms with van der Waals surface area (Å²) in [5, 5.41) is 9.93. The van der Waals surface area contributed by atoms with Crippen LogP contribution in [0.1, 0.15) is 35.1 Å². The minimum Gasteiger partial charge on any atom is -0.388 e. The Balaban J connectivity index is 1.89. The highest BCUT2D eigenvalue weighted by Gasteiger charge is 2.21. The third-order valence-electron chi connectivity index (χ3n) is 3.32. The van der Waals surface area contributed by atoms with Gasteiger partial charge in [0.1, 0.15) is 0 Å². The second kappa shape index (κ2) is 4.59. The Hall–Kier alpha value is -0.580. The van der Waals surface area contributed by atoms with Crippen molar-refractivity contribution in [2.45, 2.75) is 31.9 Å². The molecule has 0 aromatic carbocycles. The van der Waals surface area contributed by atoms with Crippen LogP contribution in [0.25, 0.3) is 0 Å². The first-order valence-corrected chi connectivity index (χ1v) is 7.45. The van der Waals surface area contributed by atoms with Gasteiger partial charge in [-0.2, -0.15) is 0 Å². The van der Waals surface area contributed by atoms with E-state index < -0.39 is 0 Å². The summed E-state index contributed by atoms with van der Waals surface area (Å²) in [6.45, 7) is 0.915. The zero-order valence-corrected chi connectivity index (χ0v) is 11.8. The number of hydrogen-bond acceptors (Lipinski definition) is 2. The van der Waals surface area contributed by atoms with Crippen molar-refractivity contribution < 1.29 is 5.11 Å². The van der Waals surface area contributed by atoms with E-state index in [0.29, 0.717) is 0 Å². The number of fused-ring (bicyclic) bond motifs is 1. The molecule has 2 aromatic heterocycles. The van der Waals surface area contributed by atoms with E-state index in [1.165, 1.54) is 14.4 Å². The average molecular weight is 312 g/mol. The molecule has 2 heterocycles. The molecule has 0 amide bonds. The van der Waals surface area contributed by atoms with Crippen LogP contribution in [0, 0.1) is 0 Å². The van der Waals surface area contributed by atoms with Crippen molar-refractivity contribution in [1.29, 1.82) is 0 Å². The lowest BCUT2D eigenvalue weighted by molar-refractivity contribution is 0.156. The summed E-state index contributed by atoms with van der Waals surface area (Å²) in [4.78, 5) is 1.34. The largest absolute Gasteiger partial charge is 0.388 e. The number of aromatic nitrogens is 1. The summed E-state index contributed by atoms with van der Waals surface area (Å²) in [6.07, 6.45) is 4.93. The lowest BCUT2D eigenvalue weighted by Crippen LogP contribution is -2.12. The van der Waals surface area contributed by atoms with Gasteiger partial charge in [0.05, 0.1) is 16.4 Å². The minimum atomic E-state index is -0.255. The van der Waals surface area contributed by atoms with Crippen molar-refractivity contribution in [1.82, 2.24) is 4.57 Å². The van der Waals surface area contributed by atoms with E-state index in [1.807, 2.05) is 0 Å². The molecular weight excluding hydrogens is 298 g/mol. The minimum absolute atomic E-state index is 0.255. The topological polar surface area (TPSA) is 25.2 Å². The van der Waals surface area contributed by atoms with E-state index in [9.17, 15) is 5.11 Å².